The molecule has 0 radical (unpaired) electrons. The minimum atomic E-state index is 1.00. The first-order valence-corrected chi connectivity index (χ1v) is 8.14. The molecule has 0 saturated carbocycles. The SMILES string of the molecule is Cc1ccccc1-c1c2ccc(-c3ccccn3)cc2cc[n+]1C. The van der Waals surface area contributed by atoms with Gasteiger partial charge < -0.3 is 0 Å². The Balaban J connectivity index is 1.96. The van der Waals surface area contributed by atoms with Crippen molar-refractivity contribution in [1.82, 2.24) is 4.98 Å². The Labute approximate surface area is 142 Å². The number of pyridine rings is 2. The van der Waals surface area contributed by atoms with Crippen molar-refractivity contribution in [3.05, 3.63) is 84.7 Å². The number of hydrogen-bond acceptors (Lipinski definition) is 1. The molecule has 0 bridgehead atoms. The second-order valence-corrected chi connectivity index (χ2v) is 6.11. The zero-order valence-electron chi connectivity index (χ0n) is 13.9. The summed E-state index contributed by atoms with van der Waals surface area (Å²) in [7, 11) is 2.11. The van der Waals surface area contributed by atoms with E-state index in [2.05, 4.69) is 78.3 Å². The number of nitrogens with zero attached hydrogens (tertiary/aromatic N) is 2. The molecular weight excluding hydrogens is 292 g/mol. The molecule has 0 aliphatic heterocycles. The van der Waals surface area contributed by atoms with Crippen LogP contribution < -0.4 is 4.57 Å². The van der Waals surface area contributed by atoms with Gasteiger partial charge in [-0.3, -0.25) is 4.98 Å². The Bertz CT molecular complexity index is 1020. The molecule has 0 spiro atoms. The molecule has 0 fully saturated rings. The van der Waals surface area contributed by atoms with Gasteiger partial charge in [-0.15, -0.1) is 0 Å². The van der Waals surface area contributed by atoms with Gasteiger partial charge in [0.05, 0.1) is 11.1 Å². The zero-order valence-corrected chi connectivity index (χ0v) is 13.9. The minimum Gasteiger partial charge on any atom is -0.256 e. The molecule has 0 aliphatic rings. The van der Waals surface area contributed by atoms with Gasteiger partial charge in [0.15, 0.2) is 6.20 Å². The largest absolute Gasteiger partial charge is 0.256 e. The van der Waals surface area contributed by atoms with Gasteiger partial charge in [-0.2, -0.15) is 0 Å². The van der Waals surface area contributed by atoms with Gasteiger partial charge in [0.1, 0.15) is 7.05 Å². The molecule has 2 heterocycles. The van der Waals surface area contributed by atoms with E-state index in [1.54, 1.807) is 0 Å². The lowest BCUT2D eigenvalue weighted by Gasteiger charge is -2.09. The lowest BCUT2D eigenvalue weighted by atomic mass is 9.98. The van der Waals surface area contributed by atoms with Crippen LogP contribution in [0.2, 0.25) is 0 Å². The maximum Gasteiger partial charge on any atom is 0.220 e. The molecule has 2 heteroatoms. The van der Waals surface area contributed by atoms with E-state index >= 15 is 0 Å². The molecule has 0 saturated heterocycles. The smallest absolute Gasteiger partial charge is 0.220 e. The lowest BCUT2D eigenvalue weighted by molar-refractivity contribution is -0.659. The van der Waals surface area contributed by atoms with E-state index in [9.17, 15) is 0 Å². The lowest BCUT2D eigenvalue weighted by Crippen LogP contribution is -2.30. The second kappa shape index (κ2) is 5.89. The van der Waals surface area contributed by atoms with Crippen molar-refractivity contribution < 1.29 is 4.57 Å². The van der Waals surface area contributed by atoms with E-state index in [1.807, 2.05) is 24.4 Å². The third kappa shape index (κ3) is 2.46. The van der Waals surface area contributed by atoms with E-state index in [-0.39, 0.29) is 0 Å². The van der Waals surface area contributed by atoms with Crippen LogP contribution in [0, 0.1) is 6.92 Å². The standard InChI is InChI=1S/C22H19N2/c1-16-7-3-4-8-19(16)22-20-11-10-18(21-9-5-6-13-23-21)15-17(20)12-14-24(22)2/h3-15H,1-2H3/q+1. The summed E-state index contributed by atoms with van der Waals surface area (Å²) >= 11 is 0. The Morgan fingerprint density at radius 3 is 2.50 bits per heavy atom. The van der Waals surface area contributed by atoms with Crippen molar-refractivity contribution >= 4 is 10.8 Å². The normalized spacial score (nSPS) is 10.9. The summed E-state index contributed by atoms with van der Waals surface area (Å²) in [6.07, 6.45) is 3.97. The molecule has 24 heavy (non-hydrogen) atoms. The van der Waals surface area contributed by atoms with Crippen LogP contribution in [0.15, 0.2) is 79.1 Å². The van der Waals surface area contributed by atoms with E-state index in [0.29, 0.717) is 0 Å². The Morgan fingerprint density at radius 1 is 0.875 bits per heavy atom. The fraction of sp³-hybridized carbons (Fsp3) is 0.0909. The van der Waals surface area contributed by atoms with Crippen LogP contribution in [0.4, 0.5) is 0 Å². The summed E-state index contributed by atoms with van der Waals surface area (Å²) in [5.74, 6) is 0. The summed E-state index contributed by atoms with van der Waals surface area (Å²) in [4.78, 5) is 4.46. The van der Waals surface area contributed by atoms with Crippen LogP contribution in [-0.2, 0) is 7.05 Å². The van der Waals surface area contributed by atoms with Crippen molar-refractivity contribution in [1.29, 1.82) is 0 Å². The van der Waals surface area contributed by atoms with Crippen molar-refractivity contribution in [3.63, 3.8) is 0 Å². The van der Waals surface area contributed by atoms with Crippen LogP contribution in [0.3, 0.4) is 0 Å². The van der Waals surface area contributed by atoms with Gasteiger partial charge in [-0.1, -0.05) is 30.3 Å². The quantitative estimate of drug-likeness (QED) is 0.490. The third-order valence-electron chi connectivity index (χ3n) is 4.50. The number of rotatable bonds is 2. The summed E-state index contributed by atoms with van der Waals surface area (Å²) in [5, 5.41) is 2.49. The maximum atomic E-state index is 4.46. The van der Waals surface area contributed by atoms with Crippen LogP contribution in [0.25, 0.3) is 33.3 Å². The van der Waals surface area contributed by atoms with E-state index < -0.39 is 0 Å². The number of aryl methyl sites for hydroxylation is 2. The average Bonchev–Trinajstić information content (AvgIpc) is 2.63. The highest BCUT2D eigenvalue weighted by Gasteiger charge is 2.16. The Kier molecular flexibility index (Phi) is 3.58. The fourth-order valence-electron chi connectivity index (χ4n) is 3.24. The molecule has 2 aromatic carbocycles. The van der Waals surface area contributed by atoms with Crippen LogP contribution in [0.5, 0.6) is 0 Å². The first-order valence-electron chi connectivity index (χ1n) is 8.14. The van der Waals surface area contributed by atoms with Gasteiger partial charge in [0.2, 0.25) is 5.69 Å². The highest BCUT2D eigenvalue weighted by atomic mass is 14.9. The van der Waals surface area contributed by atoms with Gasteiger partial charge in [-0.05, 0) is 48.2 Å². The highest BCUT2D eigenvalue weighted by molar-refractivity contribution is 5.95. The molecule has 2 nitrogen and oxygen atoms in total. The van der Waals surface area contributed by atoms with Crippen molar-refractivity contribution in [2.75, 3.05) is 0 Å². The number of hydrogen-bond donors (Lipinski definition) is 0. The molecule has 0 N–H and O–H groups in total. The molecule has 0 atom stereocenters. The van der Waals surface area contributed by atoms with Gasteiger partial charge in [0.25, 0.3) is 0 Å². The van der Waals surface area contributed by atoms with Crippen LogP contribution in [-0.4, -0.2) is 4.98 Å². The number of aromatic nitrogens is 2. The summed E-state index contributed by atoms with van der Waals surface area (Å²) in [6.45, 7) is 2.16. The van der Waals surface area contributed by atoms with E-state index in [4.69, 9.17) is 0 Å². The molecule has 4 rings (SSSR count). The topological polar surface area (TPSA) is 16.8 Å². The molecule has 4 aromatic rings. The van der Waals surface area contributed by atoms with Crippen molar-refractivity contribution in [3.8, 4) is 22.5 Å². The summed E-state index contributed by atoms with van der Waals surface area (Å²) < 4.78 is 2.20. The zero-order chi connectivity index (χ0) is 16.5. The second-order valence-electron chi connectivity index (χ2n) is 6.11. The van der Waals surface area contributed by atoms with E-state index in [0.717, 1.165) is 11.3 Å². The average molecular weight is 311 g/mol. The van der Waals surface area contributed by atoms with E-state index in [1.165, 1.54) is 27.6 Å². The molecule has 116 valence electrons. The fourth-order valence-corrected chi connectivity index (χ4v) is 3.24. The highest BCUT2D eigenvalue weighted by Crippen LogP contribution is 2.30. The van der Waals surface area contributed by atoms with Crippen molar-refractivity contribution in [2.24, 2.45) is 7.05 Å². The van der Waals surface area contributed by atoms with Crippen molar-refractivity contribution in [2.45, 2.75) is 6.92 Å². The van der Waals surface area contributed by atoms with Crippen LogP contribution >= 0.6 is 0 Å². The predicted octanol–water partition coefficient (Wildman–Crippen LogP) is 4.70. The minimum absolute atomic E-state index is 1.00. The number of fused-ring (bicyclic) bond motifs is 1. The first-order chi connectivity index (χ1) is 11.7. The maximum absolute atomic E-state index is 4.46. The molecular formula is C22H19N2+. The number of benzene rings is 2. The summed E-state index contributed by atoms with van der Waals surface area (Å²) in [6, 6.07) is 23.3. The summed E-state index contributed by atoms with van der Waals surface area (Å²) in [5.41, 5.74) is 5.96. The monoisotopic (exact) mass is 311 g/mol. The predicted molar refractivity (Wildman–Crippen MR) is 98.5 cm³/mol. The Hall–Kier alpha value is -3.00. The van der Waals surface area contributed by atoms with Crippen LogP contribution in [0.1, 0.15) is 5.56 Å². The van der Waals surface area contributed by atoms with Gasteiger partial charge in [0, 0.05) is 23.4 Å². The first kappa shape index (κ1) is 14.6. The Morgan fingerprint density at radius 2 is 1.71 bits per heavy atom. The van der Waals surface area contributed by atoms with Gasteiger partial charge >= 0.3 is 0 Å². The molecule has 2 aromatic heterocycles. The molecule has 0 aliphatic carbocycles. The van der Waals surface area contributed by atoms with Gasteiger partial charge in [-0.25, -0.2) is 4.57 Å². The molecule has 0 amide bonds. The third-order valence-corrected chi connectivity index (χ3v) is 4.50. The molecule has 0 unspecified atom stereocenters.